The van der Waals surface area contributed by atoms with Crippen LogP contribution < -0.4 is 9.47 Å². The molecule has 8 heteroatoms. The van der Waals surface area contributed by atoms with Gasteiger partial charge in [-0.05, 0) is 56.3 Å². The van der Waals surface area contributed by atoms with Crippen LogP contribution in [0.4, 0.5) is 5.69 Å². The van der Waals surface area contributed by atoms with Crippen molar-refractivity contribution in [2.75, 3.05) is 20.3 Å². The first-order chi connectivity index (χ1) is 15.0. The smallest absolute Gasteiger partial charge is 0.344 e. The van der Waals surface area contributed by atoms with Crippen LogP contribution in [0.5, 0.6) is 17.2 Å². The average Bonchev–Trinajstić information content (AvgIpc) is 3.06. The van der Waals surface area contributed by atoms with E-state index in [1.54, 1.807) is 49.4 Å². The highest BCUT2D eigenvalue weighted by Gasteiger charge is 2.33. The Hall–Kier alpha value is -3.39. The molecule has 2 aromatic rings. The highest BCUT2D eigenvalue weighted by atomic mass is 32.2. The number of aliphatic hydroxyl groups excluding tert-OH is 1. The third-order valence-electron chi connectivity index (χ3n) is 4.27. The summed E-state index contributed by atoms with van der Waals surface area (Å²) in [4.78, 5) is 17.4. The number of aliphatic hydroxyl groups is 1. The Balaban J connectivity index is 1.99. The van der Waals surface area contributed by atoms with Gasteiger partial charge in [0.2, 0.25) is 0 Å². The summed E-state index contributed by atoms with van der Waals surface area (Å²) in [5.74, 6) is 0.284. The number of phenols is 1. The van der Waals surface area contributed by atoms with Gasteiger partial charge in [0.25, 0.3) is 0 Å². The van der Waals surface area contributed by atoms with Crippen molar-refractivity contribution in [3.63, 3.8) is 0 Å². The number of carbonyl (C=O) groups excluding carboxylic acids is 1. The van der Waals surface area contributed by atoms with Crippen molar-refractivity contribution in [1.29, 1.82) is 0 Å². The second kappa shape index (κ2) is 10.1. The molecule has 0 aliphatic carbocycles. The van der Waals surface area contributed by atoms with Crippen LogP contribution in [-0.2, 0) is 9.53 Å². The summed E-state index contributed by atoms with van der Waals surface area (Å²) in [5.41, 5.74) is 1.04. The molecule has 0 saturated carbocycles. The summed E-state index contributed by atoms with van der Waals surface area (Å²) >= 11 is 1.12. The molecule has 1 heterocycles. The number of hydrogen-bond acceptors (Lipinski definition) is 8. The molecule has 2 N–H and O–H groups in total. The van der Waals surface area contributed by atoms with Gasteiger partial charge >= 0.3 is 5.97 Å². The van der Waals surface area contributed by atoms with Crippen LogP contribution in [0.2, 0.25) is 0 Å². The zero-order chi connectivity index (χ0) is 22.4. The molecular weight excluding hydrogens is 418 g/mol. The van der Waals surface area contributed by atoms with Crippen molar-refractivity contribution >= 4 is 34.5 Å². The Kier molecular flexibility index (Phi) is 7.25. The lowest BCUT2D eigenvalue weighted by Gasteiger charge is -2.05. The van der Waals surface area contributed by atoms with Gasteiger partial charge in [0.1, 0.15) is 33.6 Å². The van der Waals surface area contributed by atoms with E-state index >= 15 is 0 Å². The molecule has 162 valence electrons. The molecular formula is C23H23NO6S. The maximum absolute atomic E-state index is 12.5. The number of thioether (sulfide) groups is 1. The fourth-order valence-corrected chi connectivity index (χ4v) is 3.83. The van der Waals surface area contributed by atoms with Crippen LogP contribution in [0.1, 0.15) is 19.4 Å². The van der Waals surface area contributed by atoms with Crippen molar-refractivity contribution in [2.45, 2.75) is 13.8 Å². The molecule has 7 nitrogen and oxygen atoms in total. The predicted octanol–water partition coefficient (Wildman–Crippen LogP) is 4.99. The standard InChI is InChI=1S/C23H23NO6S/c1-4-29-16-10-7-15(8-11-16)24-22-20(23(27)30-5-2)21(26)19(31-22)12-14-6-9-17(28-3)13-18(14)25/h6-13,25-26H,4-5H2,1-3H3. The van der Waals surface area contributed by atoms with Crippen LogP contribution in [0.3, 0.4) is 0 Å². The van der Waals surface area contributed by atoms with Crippen molar-refractivity contribution < 1.29 is 29.2 Å². The van der Waals surface area contributed by atoms with E-state index in [4.69, 9.17) is 14.2 Å². The van der Waals surface area contributed by atoms with Crippen molar-refractivity contribution in [3.8, 4) is 17.2 Å². The van der Waals surface area contributed by atoms with E-state index in [1.165, 1.54) is 13.2 Å². The van der Waals surface area contributed by atoms with Gasteiger partial charge in [-0.2, -0.15) is 0 Å². The number of aliphatic imine (C=N–C) groups is 1. The number of hydrogen-bond donors (Lipinski definition) is 2. The van der Waals surface area contributed by atoms with Crippen LogP contribution in [0, 0.1) is 0 Å². The van der Waals surface area contributed by atoms with Crippen LogP contribution in [0.15, 0.2) is 63.7 Å². The minimum absolute atomic E-state index is 0.0139. The number of carbonyl (C=O) groups is 1. The van der Waals surface area contributed by atoms with E-state index < -0.39 is 5.97 Å². The van der Waals surface area contributed by atoms with E-state index in [0.717, 1.165) is 11.8 Å². The summed E-state index contributed by atoms with van der Waals surface area (Å²) in [6, 6.07) is 11.9. The van der Waals surface area contributed by atoms with E-state index in [-0.39, 0.29) is 23.7 Å². The van der Waals surface area contributed by atoms with E-state index in [9.17, 15) is 15.0 Å². The zero-order valence-corrected chi connectivity index (χ0v) is 18.2. The first kappa shape index (κ1) is 22.3. The normalized spacial score (nSPS) is 16.1. The molecule has 0 spiro atoms. The fourth-order valence-electron chi connectivity index (χ4n) is 2.81. The summed E-state index contributed by atoms with van der Waals surface area (Å²) < 4.78 is 15.6. The summed E-state index contributed by atoms with van der Waals surface area (Å²) in [7, 11) is 1.50. The molecule has 0 fully saturated rings. The van der Waals surface area contributed by atoms with E-state index in [1.807, 2.05) is 6.92 Å². The van der Waals surface area contributed by atoms with E-state index in [2.05, 4.69) is 4.99 Å². The lowest BCUT2D eigenvalue weighted by atomic mass is 10.1. The molecule has 3 rings (SSSR count). The Morgan fingerprint density at radius 2 is 1.77 bits per heavy atom. The van der Waals surface area contributed by atoms with Crippen LogP contribution in [-0.4, -0.2) is 41.5 Å². The number of benzene rings is 2. The third kappa shape index (κ3) is 5.21. The number of methoxy groups -OCH3 is 1. The van der Waals surface area contributed by atoms with Gasteiger partial charge in [-0.1, -0.05) is 11.8 Å². The Morgan fingerprint density at radius 1 is 1.06 bits per heavy atom. The molecule has 0 atom stereocenters. The van der Waals surface area contributed by atoms with Gasteiger partial charge < -0.3 is 24.4 Å². The van der Waals surface area contributed by atoms with Crippen LogP contribution >= 0.6 is 11.8 Å². The average molecular weight is 442 g/mol. The van der Waals surface area contributed by atoms with Gasteiger partial charge in [0, 0.05) is 11.6 Å². The highest BCUT2D eigenvalue weighted by molar-refractivity contribution is 8.18. The summed E-state index contributed by atoms with van der Waals surface area (Å²) in [6.07, 6.45) is 1.58. The van der Waals surface area contributed by atoms with Crippen molar-refractivity contribution in [2.24, 2.45) is 4.99 Å². The van der Waals surface area contributed by atoms with Crippen LogP contribution in [0.25, 0.3) is 6.08 Å². The minimum atomic E-state index is -0.667. The maximum atomic E-state index is 12.5. The fraction of sp³-hybridized carbons (Fsp3) is 0.217. The number of ether oxygens (including phenoxy) is 3. The van der Waals surface area contributed by atoms with Gasteiger partial charge in [-0.3, -0.25) is 0 Å². The molecule has 1 aliphatic rings. The summed E-state index contributed by atoms with van der Waals surface area (Å²) in [6.45, 7) is 4.30. The molecule has 2 aromatic carbocycles. The Bertz CT molecular complexity index is 1060. The third-order valence-corrected chi connectivity index (χ3v) is 5.29. The number of phenolic OH excluding ortho intramolecular Hbond substituents is 1. The first-order valence-electron chi connectivity index (χ1n) is 9.66. The van der Waals surface area contributed by atoms with Gasteiger partial charge in [0.15, 0.2) is 0 Å². The zero-order valence-electron chi connectivity index (χ0n) is 17.4. The molecule has 1 aliphatic heterocycles. The second-order valence-corrected chi connectivity index (χ2v) is 7.35. The number of aromatic hydroxyl groups is 1. The quantitative estimate of drug-likeness (QED) is 0.584. The molecule has 0 amide bonds. The van der Waals surface area contributed by atoms with Gasteiger partial charge in [0.05, 0.1) is 30.9 Å². The number of rotatable bonds is 7. The predicted molar refractivity (Wildman–Crippen MR) is 121 cm³/mol. The maximum Gasteiger partial charge on any atom is 0.344 e. The minimum Gasteiger partial charge on any atom is -0.507 e. The molecule has 31 heavy (non-hydrogen) atoms. The molecule has 0 saturated heterocycles. The Morgan fingerprint density at radius 3 is 2.39 bits per heavy atom. The van der Waals surface area contributed by atoms with Gasteiger partial charge in [-0.15, -0.1) is 0 Å². The lowest BCUT2D eigenvalue weighted by molar-refractivity contribution is -0.138. The molecule has 0 radical (unpaired) electrons. The summed E-state index contributed by atoms with van der Waals surface area (Å²) in [5, 5.41) is 21.3. The first-order valence-corrected chi connectivity index (χ1v) is 10.5. The lowest BCUT2D eigenvalue weighted by Crippen LogP contribution is -2.12. The Labute approximate surface area is 184 Å². The van der Waals surface area contributed by atoms with E-state index in [0.29, 0.717) is 39.3 Å². The molecule has 0 aromatic heterocycles. The monoisotopic (exact) mass is 441 g/mol. The molecule has 0 bridgehead atoms. The topological polar surface area (TPSA) is 97.6 Å². The van der Waals surface area contributed by atoms with Crippen molar-refractivity contribution in [1.82, 2.24) is 0 Å². The number of esters is 1. The molecule has 0 unspecified atom stereocenters. The SMILES string of the molecule is CCOC(=O)C1=C(O)C(=Cc2ccc(OC)cc2O)SC1=Nc1ccc(OCC)cc1. The van der Waals surface area contributed by atoms with Gasteiger partial charge in [-0.25, -0.2) is 9.79 Å². The number of nitrogens with zero attached hydrogens (tertiary/aromatic N) is 1. The van der Waals surface area contributed by atoms with Crippen molar-refractivity contribution in [3.05, 3.63) is 64.3 Å². The highest BCUT2D eigenvalue weighted by Crippen LogP contribution is 2.41. The largest absolute Gasteiger partial charge is 0.507 e. The second-order valence-electron chi connectivity index (χ2n) is 6.32.